The first-order valence-corrected chi connectivity index (χ1v) is 15.1. The highest BCUT2D eigenvalue weighted by molar-refractivity contribution is 7.93. The van der Waals surface area contributed by atoms with Crippen LogP contribution >= 0.6 is 11.6 Å². The first-order valence-electron chi connectivity index (χ1n) is 13.3. The summed E-state index contributed by atoms with van der Waals surface area (Å²) in [5.74, 6) is -0.611. The Bertz CT molecular complexity index is 1640. The van der Waals surface area contributed by atoms with E-state index in [-0.39, 0.29) is 35.0 Å². The molecule has 0 amide bonds. The Balaban J connectivity index is 1.82. The minimum atomic E-state index is -4.90. The molecule has 1 N–H and O–H groups in total. The summed E-state index contributed by atoms with van der Waals surface area (Å²) in [6.07, 6.45) is -2.72. The molecule has 0 aliphatic carbocycles. The third-order valence-electron chi connectivity index (χ3n) is 6.57. The van der Waals surface area contributed by atoms with E-state index in [4.69, 9.17) is 25.8 Å². The molecule has 3 aromatic rings. The second kappa shape index (κ2) is 13.4. The summed E-state index contributed by atoms with van der Waals surface area (Å²) in [5, 5.41) is 9.82. The zero-order valence-electron chi connectivity index (χ0n) is 23.6. The number of hydrogen-bond donors (Lipinski definition) is 1. The van der Waals surface area contributed by atoms with Crippen molar-refractivity contribution in [1.82, 2.24) is 4.98 Å². The number of ether oxygens (including phenoxy) is 3. The normalized spacial score (nSPS) is 15.9. The first kappa shape index (κ1) is 33.1. The maximum absolute atomic E-state index is 14.3. The van der Waals surface area contributed by atoms with Crippen LogP contribution in [0.3, 0.4) is 0 Å². The summed E-state index contributed by atoms with van der Waals surface area (Å²) in [7, 11) is -3.35. The largest absolute Gasteiger partial charge is 0.502 e. The standard InChI is InChI=1S/C30H29ClF4N2O6S/c1-18(38)17-42-29-28(14-21(15-36-29)30(33,34)35)44(39,40)37-16-22(10-7-19(2)41-3)43-27-12-9-20(13-26(27)37)8-11-23-24(31)5-4-6-25(23)32/h4-6,8-9,11-15,18,22,38H,2,7,10,16-17H2,1,3H3/b11-8+/t18-,22+/m1/s1. The van der Waals surface area contributed by atoms with Gasteiger partial charge in [-0.3, -0.25) is 4.31 Å². The average molecular weight is 657 g/mol. The van der Waals surface area contributed by atoms with E-state index in [0.29, 0.717) is 30.0 Å². The summed E-state index contributed by atoms with van der Waals surface area (Å²) >= 11 is 6.12. The molecule has 2 aromatic carbocycles. The highest BCUT2D eigenvalue weighted by Gasteiger charge is 2.39. The number of alkyl halides is 3. The molecule has 0 unspecified atom stereocenters. The number of aliphatic hydroxyl groups excluding tert-OH is 1. The van der Waals surface area contributed by atoms with Crippen LogP contribution in [0.2, 0.25) is 5.02 Å². The van der Waals surface area contributed by atoms with Crippen molar-refractivity contribution in [2.24, 2.45) is 0 Å². The van der Waals surface area contributed by atoms with Gasteiger partial charge < -0.3 is 19.3 Å². The second-order valence-corrected chi connectivity index (χ2v) is 12.2. The third-order valence-corrected chi connectivity index (χ3v) is 8.67. The average Bonchev–Trinajstić information content (AvgIpc) is 2.97. The van der Waals surface area contributed by atoms with Crippen LogP contribution in [-0.2, 0) is 20.9 Å². The van der Waals surface area contributed by atoms with Crippen molar-refractivity contribution >= 4 is 39.5 Å². The molecule has 236 valence electrons. The van der Waals surface area contributed by atoms with Crippen molar-refractivity contribution < 1.29 is 45.3 Å². The number of benzene rings is 2. The van der Waals surface area contributed by atoms with Gasteiger partial charge in [0.2, 0.25) is 5.88 Å². The van der Waals surface area contributed by atoms with Gasteiger partial charge in [-0.2, -0.15) is 13.2 Å². The van der Waals surface area contributed by atoms with Crippen LogP contribution in [0.1, 0.15) is 36.5 Å². The summed E-state index contributed by atoms with van der Waals surface area (Å²) in [6, 6.07) is 9.20. The molecule has 1 aliphatic heterocycles. The number of aliphatic hydroxyl groups is 1. The number of halogens is 5. The van der Waals surface area contributed by atoms with E-state index < -0.39 is 57.2 Å². The van der Waals surface area contributed by atoms with E-state index in [1.807, 2.05) is 0 Å². The molecule has 2 atom stereocenters. The minimum Gasteiger partial charge on any atom is -0.502 e. The monoisotopic (exact) mass is 656 g/mol. The van der Waals surface area contributed by atoms with E-state index in [0.717, 1.165) is 4.31 Å². The molecule has 0 saturated carbocycles. The Morgan fingerprint density at radius 1 is 1.27 bits per heavy atom. The summed E-state index contributed by atoms with van der Waals surface area (Å²) in [5.41, 5.74) is -0.750. The summed E-state index contributed by atoms with van der Waals surface area (Å²) < 4.78 is 101. The van der Waals surface area contributed by atoms with Crippen LogP contribution in [-0.4, -0.2) is 51.0 Å². The molecule has 0 spiro atoms. The van der Waals surface area contributed by atoms with Crippen LogP contribution in [0.15, 0.2) is 65.9 Å². The number of nitrogens with zero attached hydrogens (tertiary/aromatic N) is 2. The molecule has 0 saturated heterocycles. The van der Waals surface area contributed by atoms with Gasteiger partial charge in [0.25, 0.3) is 10.0 Å². The number of fused-ring (bicyclic) bond motifs is 1. The van der Waals surface area contributed by atoms with Crippen molar-refractivity contribution in [3.8, 4) is 11.6 Å². The molecule has 14 heteroatoms. The lowest BCUT2D eigenvalue weighted by atomic mass is 10.1. The zero-order chi connectivity index (χ0) is 32.2. The van der Waals surface area contributed by atoms with Crippen LogP contribution in [0.5, 0.6) is 11.6 Å². The summed E-state index contributed by atoms with van der Waals surface area (Å²) in [4.78, 5) is 2.80. The lowest BCUT2D eigenvalue weighted by molar-refractivity contribution is -0.138. The van der Waals surface area contributed by atoms with E-state index in [9.17, 15) is 31.1 Å². The number of anilines is 1. The molecule has 0 radical (unpaired) electrons. The van der Waals surface area contributed by atoms with Gasteiger partial charge >= 0.3 is 6.18 Å². The third kappa shape index (κ3) is 7.63. The Labute approximate surface area is 257 Å². The molecule has 8 nitrogen and oxygen atoms in total. The van der Waals surface area contributed by atoms with Crippen LogP contribution in [0.25, 0.3) is 12.2 Å². The Hall–Kier alpha value is -3.81. The van der Waals surface area contributed by atoms with Crippen molar-refractivity contribution in [1.29, 1.82) is 0 Å². The maximum Gasteiger partial charge on any atom is 0.417 e. The van der Waals surface area contributed by atoms with Crippen molar-refractivity contribution in [2.45, 2.75) is 43.0 Å². The van der Waals surface area contributed by atoms with E-state index in [2.05, 4.69) is 11.6 Å². The number of hydrogen-bond acceptors (Lipinski definition) is 7. The van der Waals surface area contributed by atoms with Crippen molar-refractivity contribution in [2.75, 3.05) is 24.6 Å². The molecular formula is C30H29ClF4N2O6S. The number of sulfonamides is 1. The number of aromatic nitrogens is 1. The van der Waals surface area contributed by atoms with Crippen LogP contribution in [0.4, 0.5) is 23.2 Å². The Morgan fingerprint density at radius 2 is 2.02 bits per heavy atom. The van der Waals surface area contributed by atoms with Gasteiger partial charge in [0.05, 0.1) is 41.8 Å². The van der Waals surface area contributed by atoms with Gasteiger partial charge in [0.1, 0.15) is 24.3 Å². The van der Waals surface area contributed by atoms with Crippen LogP contribution in [0, 0.1) is 5.82 Å². The Kier molecular flexibility index (Phi) is 10.1. The number of pyridine rings is 1. The topological polar surface area (TPSA) is 98.2 Å². The molecule has 4 rings (SSSR count). The first-order chi connectivity index (χ1) is 20.7. The van der Waals surface area contributed by atoms with E-state index in [1.54, 1.807) is 6.07 Å². The fraction of sp³-hybridized carbons (Fsp3) is 0.300. The highest BCUT2D eigenvalue weighted by atomic mass is 35.5. The molecule has 2 heterocycles. The van der Waals surface area contributed by atoms with Crippen molar-refractivity contribution in [3.05, 3.63) is 88.5 Å². The van der Waals surface area contributed by atoms with Gasteiger partial charge in [-0.25, -0.2) is 17.8 Å². The Morgan fingerprint density at radius 3 is 2.68 bits per heavy atom. The number of allylic oxidation sites excluding steroid dienone is 1. The summed E-state index contributed by atoms with van der Waals surface area (Å²) in [6.45, 7) is 4.41. The smallest absolute Gasteiger partial charge is 0.417 e. The lowest BCUT2D eigenvalue weighted by Crippen LogP contribution is -2.43. The quantitative estimate of drug-likeness (QED) is 0.139. The zero-order valence-corrected chi connectivity index (χ0v) is 25.2. The van der Waals surface area contributed by atoms with Gasteiger partial charge in [-0.15, -0.1) is 0 Å². The lowest BCUT2D eigenvalue weighted by Gasteiger charge is -2.36. The number of methoxy groups -OCH3 is 1. The van der Waals surface area contributed by atoms with Crippen molar-refractivity contribution in [3.63, 3.8) is 0 Å². The molecule has 0 fully saturated rings. The molecule has 44 heavy (non-hydrogen) atoms. The number of rotatable bonds is 11. The molecule has 1 aliphatic rings. The van der Waals surface area contributed by atoms with E-state index in [1.165, 1.54) is 56.5 Å². The molecule has 1 aromatic heterocycles. The molecular weight excluding hydrogens is 628 g/mol. The predicted molar refractivity (Wildman–Crippen MR) is 158 cm³/mol. The SMILES string of the molecule is C=C(CC[C@H]1CN(S(=O)(=O)c2cc(C(F)(F)F)cnc2OC[C@@H](C)O)c2cc(/C=C/c3c(F)cccc3Cl)ccc2O1)OC. The molecule has 0 bridgehead atoms. The minimum absolute atomic E-state index is 0.0208. The van der Waals surface area contributed by atoms with Crippen LogP contribution < -0.4 is 13.8 Å². The van der Waals surface area contributed by atoms with Gasteiger partial charge in [0, 0.05) is 18.2 Å². The highest BCUT2D eigenvalue weighted by Crippen LogP contribution is 2.41. The maximum atomic E-state index is 14.3. The van der Waals surface area contributed by atoms with Gasteiger partial charge in [-0.05, 0) is 55.3 Å². The fourth-order valence-corrected chi connectivity index (χ4v) is 6.12. The fourth-order valence-electron chi connectivity index (χ4n) is 4.28. The predicted octanol–water partition coefficient (Wildman–Crippen LogP) is 6.72. The van der Waals surface area contributed by atoms with Gasteiger partial charge in [-0.1, -0.05) is 36.4 Å². The van der Waals surface area contributed by atoms with Gasteiger partial charge in [0.15, 0.2) is 4.90 Å². The van der Waals surface area contributed by atoms with E-state index >= 15 is 0 Å². The second-order valence-electron chi connectivity index (χ2n) is 9.94.